The third kappa shape index (κ3) is 18.7. The zero-order valence-corrected chi connectivity index (χ0v) is 19.0. The molecule has 0 aliphatic heterocycles. The van der Waals surface area contributed by atoms with Crippen LogP contribution in [0.3, 0.4) is 0 Å². The van der Waals surface area contributed by atoms with Crippen LogP contribution in [-0.2, 0) is 0 Å². The van der Waals surface area contributed by atoms with Gasteiger partial charge in [-0.25, -0.2) is 0 Å². The Hall–Kier alpha value is 0.532. The van der Waals surface area contributed by atoms with E-state index in [-0.39, 0.29) is 0 Å². The first kappa shape index (κ1) is 23.5. The Morgan fingerprint density at radius 2 is 0.783 bits per heavy atom. The van der Waals surface area contributed by atoms with Gasteiger partial charge in [-0.1, -0.05) is 141 Å². The second kappa shape index (κ2) is 20.6. The normalized spacial score (nSPS) is 12.6. The molecule has 1 unspecified atom stereocenters. The van der Waals surface area contributed by atoms with Crippen molar-refractivity contribution in [3.8, 4) is 0 Å². The van der Waals surface area contributed by atoms with Gasteiger partial charge in [0.05, 0.1) is 0 Å². The van der Waals surface area contributed by atoms with E-state index < -0.39 is 0 Å². The highest BCUT2D eigenvalue weighted by atomic mass is 27.0. The van der Waals surface area contributed by atoms with Gasteiger partial charge < -0.3 is 0 Å². The summed E-state index contributed by atoms with van der Waals surface area (Å²) < 4.78 is 0. The van der Waals surface area contributed by atoms with Gasteiger partial charge in [-0.15, -0.1) is 0 Å². The second-order valence-electron chi connectivity index (χ2n) is 7.80. The lowest BCUT2D eigenvalue weighted by molar-refractivity contribution is 0.430. The highest BCUT2D eigenvalue weighted by molar-refractivity contribution is 6.08. The average molecular weight is 339 g/mol. The first-order chi connectivity index (χ1) is 11.3. The molecule has 0 spiro atoms. The topological polar surface area (TPSA) is 0 Å². The predicted octanol–water partition coefficient (Wildman–Crippen LogP) is 7.72. The highest BCUT2D eigenvalue weighted by Crippen LogP contribution is 2.21. The van der Waals surface area contributed by atoms with Crippen LogP contribution in [0.2, 0.25) is 5.28 Å². The maximum atomic E-state index is 2.31. The first-order valence-corrected chi connectivity index (χ1v) is 12.8. The molecule has 0 saturated heterocycles. The van der Waals surface area contributed by atoms with Crippen molar-refractivity contribution < 1.29 is 0 Å². The second-order valence-corrected chi connectivity index (χ2v) is 8.62. The Labute approximate surface area is 157 Å². The van der Waals surface area contributed by atoms with E-state index in [2.05, 4.69) is 13.8 Å². The van der Waals surface area contributed by atoms with E-state index in [1.54, 1.807) is 5.28 Å². The molecule has 0 rings (SSSR count). The summed E-state index contributed by atoms with van der Waals surface area (Å²) in [6.07, 6.45) is 26.6. The molecule has 0 radical (unpaired) electrons. The average Bonchev–Trinajstić information content (AvgIpc) is 2.57. The Morgan fingerprint density at radius 3 is 1.09 bits per heavy atom. The van der Waals surface area contributed by atoms with Crippen molar-refractivity contribution >= 4 is 16.3 Å². The van der Waals surface area contributed by atoms with Crippen molar-refractivity contribution in [3.05, 3.63) is 0 Å². The summed E-state index contributed by atoms with van der Waals surface area (Å²) in [5.41, 5.74) is 0. The summed E-state index contributed by atoms with van der Waals surface area (Å²) in [6, 6.07) is 0. The van der Waals surface area contributed by atoms with Gasteiger partial charge in [0.2, 0.25) is 16.3 Å². The Balaban J connectivity index is 3.28. The molecule has 1 atom stereocenters. The molecule has 138 valence electrons. The van der Waals surface area contributed by atoms with Gasteiger partial charge >= 0.3 is 0 Å². The summed E-state index contributed by atoms with van der Waals surface area (Å²) in [5, 5.41) is 1.55. The number of hydrogen-bond acceptors (Lipinski definition) is 0. The van der Waals surface area contributed by atoms with Crippen LogP contribution in [-0.4, -0.2) is 16.3 Å². The molecule has 0 amide bonds. The summed E-state index contributed by atoms with van der Waals surface area (Å²) in [4.78, 5) is 0. The lowest BCUT2D eigenvalue weighted by atomic mass is 9.95. The fourth-order valence-electron chi connectivity index (χ4n) is 3.69. The molecular formula is C22H47Al. The number of hydrogen-bond donors (Lipinski definition) is 0. The molecule has 0 aromatic rings. The van der Waals surface area contributed by atoms with Crippen LogP contribution in [0.1, 0.15) is 129 Å². The lowest BCUT2D eigenvalue weighted by Gasteiger charge is -2.14. The van der Waals surface area contributed by atoms with E-state index in [0.29, 0.717) is 0 Å². The largest absolute Gasteiger partial charge is 0.212 e. The van der Waals surface area contributed by atoms with E-state index in [4.69, 9.17) is 0 Å². The fourth-order valence-corrected chi connectivity index (χ4v) is 4.50. The molecule has 0 heterocycles. The van der Waals surface area contributed by atoms with Crippen LogP contribution in [0.4, 0.5) is 0 Å². The van der Waals surface area contributed by atoms with Crippen molar-refractivity contribution in [2.75, 3.05) is 0 Å². The molecule has 0 N–H and O–H groups in total. The third-order valence-corrected chi connectivity index (χ3v) is 6.66. The SMILES string of the molecule is CCCCCCCCCCCC([CH2][AlH2])CCCCCCCCC. The molecule has 23 heavy (non-hydrogen) atoms. The summed E-state index contributed by atoms with van der Waals surface area (Å²) >= 11 is 1.41. The van der Waals surface area contributed by atoms with E-state index in [0.717, 1.165) is 5.92 Å². The Morgan fingerprint density at radius 1 is 0.478 bits per heavy atom. The quantitative estimate of drug-likeness (QED) is 0.167. The Kier molecular flexibility index (Phi) is 21.1. The summed E-state index contributed by atoms with van der Waals surface area (Å²) in [5.74, 6) is 1.09. The van der Waals surface area contributed by atoms with Gasteiger partial charge in [0.1, 0.15) is 0 Å². The Bertz CT molecular complexity index is 202. The van der Waals surface area contributed by atoms with Crippen molar-refractivity contribution in [3.63, 3.8) is 0 Å². The standard InChI is InChI=1S/C22H45.Al.2H/c1-4-6-8-10-12-13-15-17-19-21-22(3)20-18-16-14-11-9-7-5-2;;;/h22H,3-21H2,1-2H3;;;. The molecule has 0 aromatic heterocycles. The van der Waals surface area contributed by atoms with E-state index in [9.17, 15) is 0 Å². The minimum atomic E-state index is 1.09. The van der Waals surface area contributed by atoms with Crippen LogP contribution in [0.25, 0.3) is 0 Å². The molecule has 0 aromatic carbocycles. The molecule has 0 saturated carbocycles. The van der Waals surface area contributed by atoms with Crippen LogP contribution in [0.15, 0.2) is 0 Å². The molecular weight excluding hydrogens is 291 g/mol. The van der Waals surface area contributed by atoms with E-state index >= 15 is 0 Å². The minimum absolute atomic E-state index is 1.09. The van der Waals surface area contributed by atoms with Gasteiger partial charge in [-0.2, -0.15) is 0 Å². The zero-order valence-electron chi connectivity index (χ0n) is 17.0. The summed E-state index contributed by atoms with van der Waals surface area (Å²) in [6.45, 7) is 4.61. The zero-order chi connectivity index (χ0) is 17.0. The van der Waals surface area contributed by atoms with Gasteiger partial charge in [0, 0.05) is 0 Å². The van der Waals surface area contributed by atoms with Crippen molar-refractivity contribution in [2.24, 2.45) is 5.92 Å². The van der Waals surface area contributed by atoms with Crippen LogP contribution in [0.5, 0.6) is 0 Å². The van der Waals surface area contributed by atoms with E-state index in [1.165, 1.54) is 132 Å². The van der Waals surface area contributed by atoms with Crippen LogP contribution >= 0.6 is 0 Å². The molecule has 1 heteroatoms. The van der Waals surface area contributed by atoms with Crippen LogP contribution in [0, 0.1) is 5.92 Å². The van der Waals surface area contributed by atoms with Gasteiger partial charge in [-0.3, -0.25) is 0 Å². The molecule has 0 fully saturated rings. The lowest BCUT2D eigenvalue weighted by Crippen LogP contribution is -2.00. The molecule has 0 aliphatic carbocycles. The number of unbranched alkanes of at least 4 members (excludes halogenated alkanes) is 14. The number of rotatable bonds is 19. The summed E-state index contributed by atoms with van der Waals surface area (Å²) in [7, 11) is 0. The first-order valence-electron chi connectivity index (χ1n) is 11.3. The van der Waals surface area contributed by atoms with Gasteiger partial charge in [-0.05, 0) is 0 Å². The van der Waals surface area contributed by atoms with Crippen molar-refractivity contribution in [1.29, 1.82) is 0 Å². The van der Waals surface area contributed by atoms with Crippen molar-refractivity contribution in [2.45, 2.75) is 135 Å². The molecule has 0 bridgehead atoms. The van der Waals surface area contributed by atoms with Gasteiger partial charge in [0.25, 0.3) is 0 Å². The fraction of sp³-hybridized carbons (Fsp3) is 1.00. The van der Waals surface area contributed by atoms with Crippen molar-refractivity contribution in [1.82, 2.24) is 0 Å². The smallest absolute Gasteiger partial charge is 0.0985 e. The molecule has 0 nitrogen and oxygen atoms in total. The maximum Gasteiger partial charge on any atom is 0.212 e. The highest BCUT2D eigenvalue weighted by Gasteiger charge is 2.05. The predicted molar refractivity (Wildman–Crippen MR) is 111 cm³/mol. The van der Waals surface area contributed by atoms with Crippen LogP contribution < -0.4 is 0 Å². The van der Waals surface area contributed by atoms with Gasteiger partial charge in [0.15, 0.2) is 0 Å². The third-order valence-electron chi connectivity index (χ3n) is 5.51. The van der Waals surface area contributed by atoms with E-state index in [1.807, 2.05) is 0 Å². The minimum Gasteiger partial charge on any atom is -0.0985 e. The maximum absolute atomic E-state index is 2.31. The monoisotopic (exact) mass is 338 g/mol. The molecule has 0 aliphatic rings.